The van der Waals surface area contributed by atoms with E-state index in [1.54, 1.807) is 24.3 Å². The molecule has 0 saturated heterocycles. The van der Waals surface area contributed by atoms with Crippen LogP contribution in [0.5, 0.6) is 0 Å². The van der Waals surface area contributed by atoms with Gasteiger partial charge in [0, 0.05) is 11.6 Å². The highest BCUT2D eigenvalue weighted by Crippen LogP contribution is 2.18. The largest absolute Gasteiger partial charge is 0.324 e. The van der Waals surface area contributed by atoms with Crippen molar-refractivity contribution in [3.05, 3.63) is 48.3 Å². The standard InChI is InChI=1S/C11H14FN/c1-2-3-8-11(13)9-6-4-5-7-10(9)12/h2,4-7,11H,1,3,8,13H2. The van der Waals surface area contributed by atoms with Gasteiger partial charge in [-0.3, -0.25) is 0 Å². The third-order valence-electron chi connectivity index (χ3n) is 1.99. The first kappa shape index (κ1) is 9.93. The number of halogens is 1. The Hall–Kier alpha value is -1.15. The predicted molar refractivity (Wildman–Crippen MR) is 52.8 cm³/mol. The molecule has 0 aliphatic carbocycles. The second kappa shape index (κ2) is 4.77. The summed E-state index contributed by atoms with van der Waals surface area (Å²) < 4.78 is 13.2. The van der Waals surface area contributed by atoms with E-state index in [9.17, 15) is 4.39 Å². The summed E-state index contributed by atoms with van der Waals surface area (Å²) in [5.41, 5.74) is 6.38. The zero-order chi connectivity index (χ0) is 9.68. The molecule has 0 bridgehead atoms. The van der Waals surface area contributed by atoms with Crippen LogP contribution in [0.1, 0.15) is 24.4 Å². The Kier molecular flexibility index (Phi) is 3.65. The van der Waals surface area contributed by atoms with Gasteiger partial charge in [-0.1, -0.05) is 24.3 Å². The van der Waals surface area contributed by atoms with E-state index in [1.165, 1.54) is 6.07 Å². The van der Waals surface area contributed by atoms with E-state index in [1.807, 2.05) is 0 Å². The summed E-state index contributed by atoms with van der Waals surface area (Å²) in [5, 5.41) is 0. The molecule has 1 atom stereocenters. The fraction of sp³-hybridized carbons (Fsp3) is 0.273. The van der Waals surface area contributed by atoms with Gasteiger partial charge in [-0.05, 0) is 18.9 Å². The lowest BCUT2D eigenvalue weighted by molar-refractivity contribution is 0.566. The van der Waals surface area contributed by atoms with Gasteiger partial charge < -0.3 is 5.73 Å². The topological polar surface area (TPSA) is 26.0 Å². The van der Waals surface area contributed by atoms with Gasteiger partial charge in [0.25, 0.3) is 0 Å². The number of hydrogen-bond donors (Lipinski definition) is 1. The van der Waals surface area contributed by atoms with Gasteiger partial charge in [-0.15, -0.1) is 6.58 Å². The molecule has 0 saturated carbocycles. The van der Waals surface area contributed by atoms with Crippen molar-refractivity contribution in [1.29, 1.82) is 0 Å². The highest BCUT2D eigenvalue weighted by atomic mass is 19.1. The molecule has 70 valence electrons. The van der Waals surface area contributed by atoms with Gasteiger partial charge in [0.2, 0.25) is 0 Å². The molecular weight excluding hydrogens is 165 g/mol. The van der Waals surface area contributed by atoms with E-state index in [2.05, 4.69) is 6.58 Å². The average Bonchev–Trinajstić information content (AvgIpc) is 2.15. The molecule has 0 radical (unpaired) electrons. The van der Waals surface area contributed by atoms with Crippen LogP contribution in [-0.4, -0.2) is 0 Å². The second-order valence-electron chi connectivity index (χ2n) is 2.99. The van der Waals surface area contributed by atoms with Crippen molar-refractivity contribution < 1.29 is 4.39 Å². The van der Waals surface area contributed by atoms with Gasteiger partial charge in [-0.25, -0.2) is 4.39 Å². The predicted octanol–water partition coefficient (Wildman–Crippen LogP) is 2.79. The summed E-state index contributed by atoms with van der Waals surface area (Å²) >= 11 is 0. The van der Waals surface area contributed by atoms with Crippen molar-refractivity contribution in [1.82, 2.24) is 0 Å². The third-order valence-corrected chi connectivity index (χ3v) is 1.99. The first-order chi connectivity index (χ1) is 6.25. The lowest BCUT2D eigenvalue weighted by atomic mass is 10.0. The molecule has 1 aromatic rings. The van der Waals surface area contributed by atoms with Gasteiger partial charge in [0.1, 0.15) is 5.82 Å². The van der Waals surface area contributed by atoms with E-state index in [0.717, 1.165) is 12.8 Å². The summed E-state index contributed by atoms with van der Waals surface area (Å²) in [4.78, 5) is 0. The van der Waals surface area contributed by atoms with Crippen molar-refractivity contribution >= 4 is 0 Å². The number of hydrogen-bond acceptors (Lipinski definition) is 1. The molecule has 1 rings (SSSR count). The van der Waals surface area contributed by atoms with Crippen LogP contribution < -0.4 is 5.73 Å². The molecule has 0 aliphatic rings. The van der Waals surface area contributed by atoms with Crippen molar-refractivity contribution in [2.75, 3.05) is 0 Å². The molecular formula is C11H14FN. The minimum absolute atomic E-state index is 0.223. The summed E-state index contributed by atoms with van der Waals surface area (Å²) in [6.07, 6.45) is 3.35. The minimum Gasteiger partial charge on any atom is -0.324 e. The Bertz CT molecular complexity index is 283. The summed E-state index contributed by atoms with van der Waals surface area (Å²) in [6.45, 7) is 3.60. The fourth-order valence-corrected chi connectivity index (χ4v) is 1.23. The quantitative estimate of drug-likeness (QED) is 0.707. The van der Waals surface area contributed by atoms with Gasteiger partial charge in [-0.2, -0.15) is 0 Å². The van der Waals surface area contributed by atoms with E-state index in [4.69, 9.17) is 5.73 Å². The maximum Gasteiger partial charge on any atom is 0.127 e. The zero-order valence-corrected chi connectivity index (χ0v) is 7.54. The van der Waals surface area contributed by atoms with Crippen LogP contribution >= 0.6 is 0 Å². The maximum atomic E-state index is 13.2. The highest BCUT2D eigenvalue weighted by molar-refractivity contribution is 5.20. The normalized spacial score (nSPS) is 12.5. The van der Waals surface area contributed by atoms with Crippen molar-refractivity contribution in [2.45, 2.75) is 18.9 Å². The number of allylic oxidation sites excluding steroid dienone is 1. The van der Waals surface area contributed by atoms with E-state index in [0.29, 0.717) is 5.56 Å². The van der Waals surface area contributed by atoms with Crippen LogP contribution in [0.15, 0.2) is 36.9 Å². The van der Waals surface area contributed by atoms with Crippen molar-refractivity contribution in [3.63, 3.8) is 0 Å². The molecule has 0 amide bonds. The Morgan fingerprint density at radius 1 is 1.46 bits per heavy atom. The summed E-state index contributed by atoms with van der Waals surface area (Å²) in [7, 11) is 0. The molecule has 0 heterocycles. The lowest BCUT2D eigenvalue weighted by Crippen LogP contribution is -2.11. The molecule has 13 heavy (non-hydrogen) atoms. The van der Waals surface area contributed by atoms with Crippen LogP contribution in [0.4, 0.5) is 4.39 Å². The summed E-state index contributed by atoms with van der Waals surface area (Å²) in [5.74, 6) is -0.223. The molecule has 0 spiro atoms. The molecule has 0 aromatic heterocycles. The van der Waals surface area contributed by atoms with Gasteiger partial charge in [0.05, 0.1) is 0 Å². The fourth-order valence-electron chi connectivity index (χ4n) is 1.23. The van der Waals surface area contributed by atoms with Crippen LogP contribution in [-0.2, 0) is 0 Å². The SMILES string of the molecule is C=CCCC(N)c1ccccc1F. The molecule has 1 nitrogen and oxygen atoms in total. The van der Waals surface area contributed by atoms with Crippen LogP contribution in [0.25, 0.3) is 0 Å². The molecule has 0 fully saturated rings. The van der Waals surface area contributed by atoms with Crippen LogP contribution in [0, 0.1) is 5.82 Å². The third kappa shape index (κ3) is 2.67. The Labute approximate surface area is 78.1 Å². The highest BCUT2D eigenvalue weighted by Gasteiger charge is 2.08. The van der Waals surface area contributed by atoms with Gasteiger partial charge in [0.15, 0.2) is 0 Å². The number of nitrogens with two attached hydrogens (primary N) is 1. The van der Waals surface area contributed by atoms with E-state index >= 15 is 0 Å². The molecule has 2 N–H and O–H groups in total. The van der Waals surface area contributed by atoms with Crippen LogP contribution in [0.3, 0.4) is 0 Å². The summed E-state index contributed by atoms with van der Waals surface area (Å²) in [6, 6.07) is 6.40. The Morgan fingerprint density at radius 2 is 2.15 bits per heavy atom. The van der Waals surface area contributed by atoms with Gasteiger partial charge >= 0.3 is 0 Å². The first-order valence-electron chi connectivity index (χ1n) is 4.36. The maximum absolute atomic E-state index is 13.2. The minimum atomic E-state index is -0.223. The monoisotopic (exact) mass is 179 g/mol. The molecule has 0 aliphatic heterocycles. The first-order valence-corrected chi connectivity index (χ1v) is 4.36. The molecule has 1 unspecified atom stereocenters. The van der Waals surface area contributed by atoms with E-state index < -0.39 is 0 Å². The van der Waals surface area contributed by atoms with Crippen molar-refractivity contribution in [3.8, 4) is 0 Å². The molecule has 1 aromatic carbocycles. The van der Waals surface area contributed by atoms with Crippen molar-refractivity contribution in [2.24, 2.45) is 5.73 Å². The number of benzene rings is 1. The Morgan fingerprint density at radius 3 is 2.77 bits per heavy atom. The molecule has 2 heteroatoms. The van der Waals surface area contributed by atoms with E-state index in [-0.39, 0.29) is 11.9 Å². The lowest BCUT2D eigenvalue weighted by Gasteiger charge is -2.10. The smallest absolute Gasteiger partial charge is 0.127 e. The van der Waals surface area contributed by atoms with Crippen LogP contribution in [0.2, 0.25) is 0 Å². The Balaban J connectivity index is 2.70. The zero-order valence-electron chi connectivity index (χ0n) is 7.54. The number of rotatable bonds is 4. The average molecular weight is 179 g/mol. The second-order valence-corrected chi connectivity index (χ2v) is 2.99.